The number of hydrogen-bond donors (Lipinski definition) is 2. The summed E-state index contributed by atoms with van der Waals surface area (Å²) in [5, 5.41) is 9.88. The summed E-state index contributed by atoms with van der Waals surface area (Å²) in [6.45, 7) is 4.66. The Hall–Kier alpha value is -2.50. The molecule has 6 nitrogen and oxygen atoms in total. The Morgan fingerprint density at radius 1 is 1.36 bits per heavy atom. The van der Waals surface area contributed by atoms with Gasteiger partial charge in [-0.15, -0.1) is 0 Å². The number of urea groups is 1. The fourth-order valence-electron chi connectivity index (χ4n) is 2.55. The van der Waals surface area contributed by atoms with E-state index in [1.807, 2.05) is 38.1 Å². The molecule has 1 aromatic carbocycles. The van der Waals surface area contributed by atoms with Crippen molar-refractivity contribution in [1.29, 1.82) is 0 Å². The van der Waals surface area contributed by atoms with Crippen LogP contribution >= 0.6 is 0 Å². The summed E-state index contributed by atoms with van der Waals surface area (Å²) in [6.07, 6.45) is 3.70. The Morgan fingerprint density at radius 3 is 2.86 bits per heavy atom. The van der Waals surface area contributed by atoms with Crippen LogP contribution in [0.3, 0.4) is 0 Å². The van der Waals surface area contributed by atoms with Crippen molar-refractivity contribution in [1.82, 2.24) is 10.2 Å². The first kappa shape index (κ1) is 14.4. The highest BCUT2D eigenvalue weighted by Gasteiger charge is 2.24. The standard InChI is InChI=1S/C16H20N4O2/c1-11(2)22-13-7-5-12(6-8-13)18-16(21)20-9-3-4-14-15(20)10-17-19-14/h5-8,10-11H,3-4,9H2,1-2H3,(H,17,19)(H,18,21). The van der Waals surface area contributed by atoms with E-state index < -0.39 is 0 Å². The zero-order valence-electron chi connectivity index (χ0n) is 12.8. The van der Waals surface area contributed by atoms with E-state index >= 15 is 0 Å². The van der Waals surface area contributed by atoms with Crippen LogP contribution in [0.2, 0.25) is 0 Å². The molecule has 0 saturated heterocycles. The number of carbonyl (C=O) groups is 1. The molecular weight excluding hydrogens is 280 g/mol. The maximum absolute atomic E-state index is 12.4. The van der Waals surface area contributed by atoms with E-state index in [1.54, 1.807) is 11.1 Å². The lowest BCUT2D eigenvalue weighted by molar-refractivity contribution is 0.242. The molecule has 22 heavy (non-hydrogen) atoms. The Balaban J connectivity index is 1.68. The highest BCUT2D eigenvalue weighted by Crippen LogP contribution is 2.25. The molecule has 0 fully saturated rings. The molecule has 0 unspecified atom stereocenters. The van der Waals surface area contributed by atoms with Gasteiger partial charge in [-0.1, -0.05) is 0 Å². The first-order chi connectivity index (χ1) is 10.6. The molecule has 2 N–H and O–H groups in total. The minimum Gasteiger partial charge on any atom is -0.491 e. The van der Waals surface area contributed by atoms with E-state index in [1.165, 1.54) is 0 Å². The third kappa shape index (κ3) is 3.05. The third-order valence-corrected chi connectivity index (χ3v) is 3.52. The predicted molar refractivity (Wildman–Crippen MR) is 85.5 cm³/mol. The minimum absolute atomic E-state index is 0.133. The topological polar surface area (TPSA) is 70.2 Å². The summed E-state index contributed by atoms with van der Waals surface area (Å²) in [6, 6.07) is 7.26. The number of rotatable bonds is 3. The van der Waals surface area contributed by atoms with E-state index in [0.29, 0.717) is 6.54 Å². The van der Waals surface area contributed by atoms with Gasteiger partial charge < -0.3 is 10.1 Å². The number of fused-ring (bicyclic) bond motifs is 1. The smallest absolute Gasteiger partial charge is 0.326 e. The first-order valence-electron chi connectivity index (χ1n) is 7.51. The van der Waals surface area contributed by atoms with Gasteiger partial charge in [-0.25, -0.2) is 4.79 Å². The summed E-state index contributed by atoms with van der Waals surface area (Å²) < 4.78 is 5.59. The number of amides is 2. The molecule has 2 aromatic rings. The molecule has 116 valence electrons. The van der Waals surface area contributed by atoms with Crippen LogP contribution in [0.1, 0.15) is 26.0 Å². The Labute approximate surface area is 129 Å². The van der Waals surface area contributed by atoms with Crippen LogP contribution in [0.4, 0.5) is 16.2 Å². The molecule has 6 heteroatoms. The molecule has 0 saturated carbocycles. The number of aromatic nitrogens is 2. The average Bonchev–Trinajstić information content (AvgIpc) is 2.97. The molecule has 1 aromatic heterocycles. The predicted octanol–water partition coefficient (Wildman–Crippen LogP) is 3.18. The Morgan fingerprint density at radius 2 is 2.14 bits per heavy atom. The number of nitrogens with one attached hydrogen (secondary N) is 2. The van der Waals surface area contributed by atoms with E-state index in [2.05, 4.69) is 15.5 Å². The van der Waals surface area contributed by atoms with Gasteiger partial charge in [-0.2, -0.15) is 5.10 Å². The van der Waals surface area contributed by atoms with Gasteiger partial charge in [0.05, 0.1) is 23.7 Å². The summed E-state index contributed by atoms with van der Waals surface area (Å²) in [5.74, 6) is 0.795. The van der Waals surface area contributed by atoms with Crippen molar-refractivity contribution in [3.05, 3.63) is 36.2 Å². The van der Waals surface area contributed by atoms with Crippen LogP contribution < -0.4 is 15.0 Å². The minimum atomic E-state index is -0.139. The Bertz CT molecular complexity index is 648. The quantitative estimate of drug-likeness (QED) is 0.914. The van der Waals surface area contributed by atoms with Gasteiger partial charge in [0, 0.05) is 12.2 Å². The molecule has 0 aliphatic carbocycles. The number of carbonyl (C=O) groups excluding carboxylic acids is 1. The van der Waals surface area contributed by atoms with Gasteiger partial charge in [0.15, 0.2) is 0 Å². The van der Waals surface area contributed by atoms with Gasteiger partial charge in [-0.05, 0) is 51.0 Å². The van der Waals surface area contributed by atoms with Crippen LogP contribution in [0.5, 0.6) is 5.75 Å². The maximum atomic E-state index is 12.4. The number of anilines is 2. The van der Waals surface area contributed by atoms with Crippen molar-refractivity contribution < 1.29 is 9.53 Å². The van der Waals surface area contributed by atoms with E-state index in [9.17, 15) is 4.79 Å². The normalized spacial score (nSPS) is 13.9. The molecule has 2 amide bonds. The zero-order chi connectivity index (χ0) is 15.5. The summed E-state index contributed by atoms with van der Waals surface area (Å²) in [5.41, 5.74) is 2.63. The van der Waals surface area contributed by atoms with Crippen LogP contribution in [0, 0.1) is 0 Å². The third-order valence-electron chi connectivity index (χ3n) is 3.52. The molecule has 2 heterocycles. The molecule has 0 atom stereocenters. The first-order valence-corrected chi connectivity index (χ1v) is 7.51. The second kappa shape index (κ2) is 6.09. The second-order valence-corrected chi connectivity index (χ2v) is 5.61. The molecular formula is C16H20N4O2. The number of aromatic amines is 1. The van der Waals surface area contributed by atoms with Gasteiger partial charge in [0.2, 0.25) is 0 Å². The highest BCUT2D eigenvalue weighted by atomic mass is 16.5. The molecule has 3 rings (SSSR count). The van der Waals surface area contributed by atoms with Crippen molar-refractivity contribution in [2.24, 2.45) is 0 Å². The van der Waals surface area contributed by atoms with Crippen molar-refractivity contribution in [3.8, 4) is 5.75 Å². The molecule has 0 bridgehead atoms. The van der Waals surface area contributed by atoms with Gasteiger partial charge >= 0.3 is 6.03 Å². The largest absolute Gasteiger partial charge is 0.491 e. The number of hydrogen-bond acceptors (Lipinski definition) is 3. The van der Waals surface area contributed by atoms with Crippen LogP contribution in [0.25, 0.3) is 0 Å². The maximum Gasteiger partial charge on any atom is 0.326 e. The lowest BCUT2D eigenvalue weighted by Gasteiger charge is -2.26. The van der Waals surface area contributed by atoms with E-state index in [4.69, 9.17) is 4.74 Å². The average molecular weight is 300 g/mol. The van der Waals surface area contributed by atoms with Crippen molar-refractivity contribution in [2.75, 3.05) is 16.8 Å². The number of benzene rings is 1. The summed E-state index contributed by atoms with van der Waals surface area (Å²) in [4.78, 5) is 14.2. The van der Waals surface area contributed by atoms with Crippen molar-refractivity contribution in [2.45, 2.75) is 32.8 Å². The van der Waals surface area contributed by atoms with E-state index in [-0.39, 0.29) is 12.1 Å². The fourth-order valence-corrected chi connectivity index (χ4v) is 2.55. The monoisotopic (exact) mass is 300 g/mol. The van der Waals surface area contributed by atoms with Crippen LogP contribution in [-0.4, -0.2) is 28.9 Å². The fraction of sp³-hybridized carbons (Fsp3) is 0.375. The number of H-pyrrole nitrogens is 1. The number of nitrogens with zero attached hydrogens (tertiary/aromatic N) is 2. The zero-order valence-corrected chi connectivity index (χ0v) is 12.8. The van der Waals surface area contributed by atoms with Gasteiger partial charge in [0.25, 0.3) is 0 Å². The second-order valence-electron chi connectivity index (χ2n) is 5.61. The summed E-state index contributed by atoms with van der Waals surface area (Å²) in [7, 11) is 0. The molecule has 0 spiro atoms. The van der Waals surface area contributed by atoms with Gasteiger partial charge in [-0.3, -0.25) is 10.00 Å². The SMILES string of the molecule is CC(C)Oc1ccc(NC(=O)N2CCCc3[nH]ncc32)cc1. The van der Waals surface area contributed by atoms with Crippen molar-refractivity contribution in [3.63, 3.8) is 0 Å². The molecule has 1 aliphatic rings. The molecule has 1 aliphatic heterocycles. The number of ether oxygens (including phenoxy) is 1. The Kier molecular flexibility index (Phi) is 4.00. The summed E-state index contributed by atoms with van der Waals surface area (Å²) >= 11 is 0. The van der Waals surface area contributed by atoms with Crippen LogP contribution in [-0.2, 0) is 6.42 Å². The van der Waals surface area contributed by atoms with E-state index in [0.717, 1.165) is 35.7 Å². The lowest BCUT2D eigenvalue weighted by Crippen LogP contribution is -2.38. The number of aryl methyl sites for hydroxylation is 1. The van der Waals surface area contributed by atoms with Gasteiger partial charge in [0.1, 0.15) is 5.75 Å². The van der Waals surface area contributed by atoms with Crippen LogP contribution in [0.15, 0.2) is 30.5 Å². The van der Waals surface area contributed by atoms with Crippen molar-refractivity contribution >= 4 is 17.4 Å². The highest BCUT2D eigenvalue weighted by molar-refractivity contribution is 6.02. The molecule has 0 radical (unpaired) electrons. The lowest BCUT2D eigenvalue weighted by atomic mass is 10.1.